The van der Waals surface area contributed by atoms with Crippen molar-refractivity contribution in [2.75, 3.05) is 6.61 Å². The molecule has 6 nitrogen and oxygen atoms in total. The van der Waals surface area contributed by atoms with Crippen molar-refractivity contribution in [1.82, 2.24) is 0 Å². The van der Waals surface area contributed by atoms with Crippen LogP contribution in [0.15, 0.2) is 11.6 Å². The second-order valence-electron chi connectivity index (χ2n) is 10.7. The molecule has 0 aromatic carbocycles. The number of Topliss-reactive ketones (excluding diaryl/α,β-unsaturated/α-hetero) is 1. The molecule has 0 spiro atoms. The van der Waals surface area contributed by atoms with E-state index < -0.39 is 35.5 Å². The van der Waals surface area contributed by atoms with Crippen molar-refractivity contribution < 1.29 is 29.3 Å². The van der Waals surface area contributed by atoms with Gasteiger partial charge in [0, 0.05) is 18.3 Å². The molecule has 0 radical (unpaired) electrons. The highest BCUT2D eigenvalue weighted by Crippen LogP contribution is 2.67. The Bertz CT molecular complexity index is 817. The van der Waals surface area contributed by atoms with Crippen molar-refractivity contribution in [3.63, 3.8) is 0 Å². The van der Waals surface area contributed by atoms with Crippen LogP contribution in [0.3, 0.4) is 0 Å². The number of hydrogen-bond acceptors (Lipinski definition) is 6. The second-order valence-corrected chi connectivity index (χ2v) is 10.7. The van der Waals surface area contributed by atoms with Crippen LogP contribution in [0.4, 0.5) is 0 Å². The van der Waals surface area contributed by atoms with E-state index in [-0.39, 0.29) is 34.9 Å². The van der Waals surface area contributed by atoms with Crippen LogP contribution in [-0.2, 0) is 19.1 Å². The monoisotopic (exact) mass is 418 g/mol. The Balaban J connectivity index is 1.66. The van der Waals surface area contributed by atoms with Crippen molar-refractivity contribution in [1.29, 1.82) is 0 Å². The molecular weight excluding hydrogens is 384 g/mol. The van der Waals surface area contributed by atoms with Crippen LogP contribution in [0.1, 0.15) is 66.2 Å². The molecule has 4 aliphatic rings. The van der Waals surface area contributed by atoms with E-state index in [4.69, 9.17) is 4.74 Å². The van der Waals surface area contributed by atoms with E-state index in [1.54, 1.807) is 0 Å². The molecule has 4 rings (SSSR count). The van der Waals surface area contributed by atoms with Crippen LogP contribution < -0.4 is 0 Å². The molecule has 8 atom stereocenters. The Kier molecular flexibility index (Phi) is 5.06. The summed E-state index contributed by atoms with van der Waals surface area (Å²) in [4.78, 5) is 36.4. The number of carbonyl (C=O) groups is 3. The number of aliphatic hydroxyl groups is 2. The summed E-state index contributed by atoms with van der Waals surface area (Å²) in [6.45, 7) is 6.90. The topological polar surface area (TPSA) is 101 Å². The first-order valence-corrected chi connectivity index (χ1v) is 11.3. The zero-order valence-corrected chi connectivity index (χ0v) is 18.4. The number of ether oxygens (including phenoxy) is 1. The number of ketones is 2. The number of fused-ring (bicyclic) bond motifs is 5. The molecule has 4 aliphatic carbocycles. The zero-order chi connectivity index (χ0) is 22.1. The minimum atomic E-state index is -1.59. The fourth-order valence-corrected chi connectivity index (χ4v) is 7.78. The van der Waals surface area contributed by atoms with Crippen LogP contribution in [0, 0.1) is 34.5 Å². The van der Waals surface area contributed by atoms with Gasteiger partial charge in [-0.3, -0.25) is 14.4 Å². The molecular formula is C24H34O6. The molecule has 3 fully saturated rings. The maximum atomic E-state index is 12.9. The van der Waals surface area contributed by atoms with Crippen molar-refractivity contribution in [2.45, 2.75) is 77.9 Å². The Morgan fingerprint density at radius 3 is 2.60 bits per heavy atom. The smallest absolute Gasteiger partial charge is 0.303 e. The van der Waals surface area contributed by atoms with Gasteiger partial charge in [-0.25, -0.2) is 0 Å². The van der Waals surface area contributed by atoms with Crippen LogP contribution in [0.25, 0.3) is 0 Å². The highest BCUT2D eigenvalue weighted by Gasteiger charge is 2.68. The number of esters is 1. The summed E-state index contributed by atoms with van der Waals surface area (Å²) in [6.07, 6.45) is 4.99. The minimum absolute atomic E-state index is 0.0250. The maximum absolute atomic E-state index is 12.9. The average Bonchev–Trinajstić information content (AvgIpc) is 2.92. The molecule has 0 aliphatic heterocycles. The number of aliphatic hydroxyl groups excluding tert-OH is 1. The first-order valence-electron chi connectivity index (χ1n) is 11.3. The predicted molar refractivity (Wildman–Crippen MR) is 109 cm³/mol. The van der Waals surface area contributed by atoms with Crippen LogP contribution in [-0.4, -0.2) is 46.1 Å². The van der Waals surface area contributed by atoms with Gasteiger partial charge in [0.1, 0.15) is 5.60 Å². The first-order chi connectivity index (χ1) is 13.9. The van der Waals surface area contributed by atoms with E-state index in [1.165, 1.54) is 6.92 Å². The van der Waals surface area contributed by atoms with Gasteiger partial charge in [0.15, 0.2) is 12.4 Å². The van der Waals surface area contributed by atoms with Crippen molar-refractivity contribution >= 4 is 17.5 Å². The molecule has 0 saturated heterocycles. The fourth-order valence-electron chi connectivity index (χ4n) is 7.78. The number of hydrogen-bond donors (Lipinski definition) is 2. The lowest BCUT2D eigenvalue weighted by Crippen LogP contribution is -2.62. The van der Waals surface area contributed by atoms with Gasteiger partial charge in [0.2, 0.25) is 5.78 Å². The molecule has 3 saturated carbocycles. The Morgan fingerprint density at radius 2 is 1.93 bits per heavy atom. The van der Waals surface area contributed by atoms with Gasteiger partial charge in [0.25, 0.3) is 0 Å². The summed E-state index contributed by atoms with van der Waals surface area (Å²) in [5.74, 6) is -0.549. The van der Waals surface area contributed by atoms with Gasteiger partial charge < -0.3 is 14.9 Å². The van der Waals surface area contributed by atoms with Crippen molar-refractivity contribution in [3.05, 3.63) is 11.6 Å². The standard InChI is InChI=1S/C24H34O6/c1-13-10-22(3)15(9-18(13)26)5-6-16-17-7-8-24(29,20(28)12-30-14(2)25)23(17,4)11-19(27)21(16)22/h9,13,16-17,19,21,27,29H,5-8,10-12H2,1-4H3/t13-,16-,17-,19-,21+,22-,23-,24-/m0/s1. The summed E-state index contributed by atoms with van der Waals surface area (Å²) in [5.41, 5.74) is -1.40. The highest BCUT2D eigenvalue weighted by molar-refractivity contribution is 5.93. The molecule has 0 unspecified atom stereocenters. The van der Waals surface area contributed by atoms with E-state index in [2.05, 4.69) is 6.92 Å². The van der Waals surface area contributed by atoms with Gasteiger partial charge in [-0.2, -0.15) is 0 Å². The third kappa shape index (κ3) is 2.86. The molecule has 0 bridgehead atoms. The van der Waals surface area contributed by atoms with E-state index in [1.807, 2.05) is 19.9 Å². The van der Waals surface area contributed by atoms with E-state index in [0.717, 1.165) is 31.3 Å². The fraction of sp³-hybridized carbons (Fsp3) is 0.792. The van der Waals surface area contributed by atoms with Crippen molar-refractivity contribution in [2.24, 2.45) is 34.5 Å². The lowest BCUT2D eigenvalue weighted by molar-refractivity contribution is -0.185. The third-order valence-electron chi connectivity index (χ3n) is 9.22. The summed E-state index contributed by atoms with van der Waals surface area (Å²) < 4.78 is 4.90. The van der Waals surface area contributed by atoms with E-state index in [0.29, 0.717) is 12.8 Å². The Hall–Kier alpha value is -1.53. The molecule has 0 aromatic heterocycles. The minimum Gasteiger partial charge on any atom is -0.458 e. The Labute approximate surface area is 178 Å². The average molecular weight is 419 g/mol. The molecule has 0 aromatic rings. The maximum Gasteiger partial charge on any atom is 0.303 e. The summed E-state index contributed by atoms with van der Waals surface area (Å²) in [5, 5.41) is 22.9. The van der Waals surface area contributed by atoms with Crippen LogP contribution >= 0.6 is 0 Å². The second kappa shape index (κ2) is 6.99. The van der Waals surface area contributed by atoms with Gasteiger partial charge >= 0.3 is 5.97 Å². The zero-order valence-electron chi connectivity index (χ0n) is 18.4. The number of allylic oxidation sites excluding steroid dienone is 1. The molecule has 0 amide bonds. The first kappa shape index (κ1) is 21.7. The van der Waals surface area contributed by atoms with E-state index >= 15 is 0 Å². The molecule has 166 valence electrons. The quantitative estimate of drug-likeness (QED) is 0.683. The van der Waals surface area contributed by atoms with Crippen LogP contribution in [0.2, 0.25) is 0 Å². The van der Waals surface area contributed by atoms with Gasteiger partial charge in [-0.15, -0.1) is 0 Å². The van der Waals surface area contributed by atoms with Gasteiger partial charge in [0.05, 0.1) is 6.10 Å². The molecule has 6 heteroatoms. The molecule has 0 heterocycles. The highest BCUT2D eigenvalue weighted by atomic mass is 16.5. The lowest BCUT2D eigenvalue weighted by atomic mass is 9.45. The lowest BCUT2D eigenvalue weighted by Gasteiger charge is -2.60. The molecule has 2 N–H and O–H groups in total. The number of carbonyl (C=O) groups excluding carboxylic acids is 3. The summed E-state index contributed by atoms with van der Waals surface area (Å²) >= 11 is 0. The Morgan fingerprint density at radius 1 is 1.23 bits per heavy atom. The van der Waals surface area contributed by atoms with E-state index in [9.17, 15) is 24.6 Å². The SMILES string of the molecule is CC(=O)OCC(=O)[C@@]1(O)CC[C@H]2[C@@H]3CCC4=CC(=O)[C@@H](C)C[C@]4(C)[C@H]3[C@@H](O)C[C@@]21C. The summed E-state index contributed by atoms with van der Waals surface area (Å²) in [6, 6.07) is 0. The van der Waals surface area contributed by atoms with Crippen LogP contribution in [0.5, 0.6) is 0 Å². The predicted octanol–water partition coefficient (Wildman–Crippen LogP) is 2.60. The van der Waals surface area contributed by atoms with Gasteiger partial charge in [-0.05, 0) is 67.8 Å². The largest absolute Gasteiger partial charge is 0.458 e. The van der Waals surface area contributed by atoms with Crippen molar-refractivity contribution in [3.8, 4) is 0 Å². The molecule has 30 heavy (non-hydrogen) atoms. The summed E-state index contributed by atoms with van der Waals surface area (Å²) in [7, 11) is 0. The third-order valence-corrected chi connectivity index (χ3v) is 9.22. The van der Waals surface area contributed by atoms with Gasteiger partial charge in [-0.1, -0.05) is 26.3 Å². The normalized spacial score (nSPS) is 47.6. The number of rotatable bonds is 3.